The zero-order chi connectivity index (χ0) is 11.6. The number of likely N-dealkylation sites (N-methyl/N-ethyl adjacent to an activating group) is 1. The van der Waals surface area contributed by atoms with Gasteiger partial charge in [0, 0.05) is 19.8 Å². The number of aliphatic carboxylic acids is 1. The molecule has 5 heteroatoms. The van der Waals surface area contributed by atoms with Crippen molar-refractivity contribution in [2.24, 2.45) is 5.92 Å². The summed E-state index contributed by atoms with van der Waals surface area (Å²) in [5, 5.41) is 9.05. The van der Waals surface area contributed by atoms with E-state index in [1.807, 2.05) is 0 Å². The molecule has 0 aromatic heterocycles. The Morgan fingerprint density at radius 2 is 2.13 bits per heavy atom. The first-order valence-corrected chi connectivity index (χ1v) is 4.88. The number of amides is 2. The molecule has 1 aliphatic rings. The van der Waals surface area contributed by atoms with Crippen molar-refractivity contribution in [3.8, 4) is 0 Å². The summed E-state index contributed by atoms with van der Waals surface area (Å²) in [6.07, 6.45) is 3.33. The van der Waals surface area contributed by atoms with Crippen molar-refractivity contribution in [1.82, 2.24) is 9.80 Å². The van der Waals surface area contributed by atoms with Crippen LogP contribution in [0.1, 0.15) is 13.8 Å². The number of carbonyl (C=O) groups excluding carboxylic acids is 1. The van der Waals surface area contributed by atoms with E-state index in [9.17, 15) is 9.59 Å². The average Bonchev–Trinajstić information content (AvgIpc) is 2.11. The summed E-state index contributed by atoms with van der Waals surface area (Å²) in [5.74, 6) is -1.10. The third kappa shape index (κ3) is 2.29. The molecule has 0 radical (unpaired) electrons. The van der Waals surface area contributed by atoms with Crippen LogP contribution in [0, 0.1) is 5.92 Å². The van der Waals surface area contributed by atoms with Crippen LogP contribution in [0.2, 0.25) is 0 Å². The second-order valence-corrected chi connectivity index (χ2v) is 3.98. The second-order valence-electron chi connectivity index (χ2n) is 3.98. The van der Waals surface area contributed by atoms with E-state index in [2.05, 4.69) is 0 Å². The van der Waals surface area contributed by atoms with Gasteiger partial charge >= 0.3 is 12.0 Å². The standard InChI is InChI=1S/C10H16N2O3/c1-7(2)8(9(13)14)12-6-4-5-11(3)10(12)15/h4,6-8H,5H2,1-3H3,(H,13,14). The Morgan fingerprint density at radius 1 is 1.53 bits per heavy atom. The summed E-state index contributed by atoms with van der Waals surface area (Å²) in [5.41, 5.74) is 0. The van der Waals surface area contributed by atoms with Crippen molar-refractivity contribution < 1.29 is 14.7 Å². The molecule has 1 atom stereocenters. The van der Waals surface area contributed by atoms with Gasteiger partial charge in [0.25, 0.3) is 0 Å². The maximum absolute atomic E-state index is 11.7. The lowest BCUT2D eigenvalue weighted by Crippen LogP contribution is -2.51. The maximum atomic E-state index is 11.7. The van der Waals surface area contributed by atoms with E-state index < -0.39 is 12.0 Å². The van der Waals surface area contributed by atoms with Gasteiger partial charge in [0.05, 0.1) is 0 Å². The molecule has 0 saturated heterocycles. The van der Waals surface area contributed by atoms with Crippen LogP contribution in [0.3, 0.4) is 0 Å². The molecular formula is C10H16N2O3. The van der Waals surface area contributed by atoms with Gasteiger partial charge in [0.1, 0.15) is 6.04 Å². The Labute approximate surface area is 89.0 Å². The molecule has 15 heavy (non-hydrogen) atoms. The van der Waals surface area contributed by atoms with Gasteiger partial charge in [-0.2, -0.15) is 0 Å². The quantitative estimate of drug-likeness (QED) is 0.758. The summed E-state index contributed by atoms with van der Waals surface area (Å²) in [6, 6.07) is -1.06. The lowest BCUT2D eigenvalue weighted by atomic mass is 10.0. The molecule has 1 rings (SSSR count). The Hall–Kier alpha value is -1.52. The predicted molar refractivity (Wildman–Crippen MR) is 55.3 cm³/mol. The van der Waals surface area contributed by atoms with Crippen LogP contribution in [-0.4, -0.2) is 46.5 Å². The first-order chi connectivity index (χ1) is 6.95. The monoisotopic (exact) mass is 212 g/mol. The van der Waals surface area contributed by atoms with Crippen molar-refractivity contribution in [2.45, 2.75) is 19.9 Å². The van der Waals surface area contributed by atoms with E-state index in [0.29, 0.717) is 6.54 Å². The van der Waals surface area contributed by atoms with Gasteiger partial charge in [0.15, 0.2) is 0 Å². The van der Waals surface area contributed by atoms with Gasteiger partial charge in [-0.15, -0.1) is 0 Å². The zero-order valence-corrected chi connectivity index (χ0v) is 9.17. The van der Waals surface area contributed by atoms with Crippen LogP contribution in [0.4, 0.5) is 4.79 Å². The number of carboxylic acids is 1. The van der Waals surface area contributed by atoms with E-state index in [1.54, 1.807) is 33.2 Å². The van der Waals surface area contributed by atoms with Crippen molar-refractivity contribution in [2.75, 3.05) is 13.6 Å². The van der Waals surface area contributed by atoms with Crippen LogP contribution in [0.5, 0.6) is 0 Å². The molecule has 0 aliphatic carbocycles. The molecule has 0 saturated carbocycles. The molecule has 0 spiro atoms. The molecule has 5 nitrogen and oxygen atoms in total. The molecule has 0 fully saturated rings. The highest BCUT2D eigenvalue weighted by Gasteiger charge is 2.33. The lowest BCUT2D eigenvalue weighted by molar-refractivity contribution is -0.143. The largest absolute Gasteiger partial charge is 0.480 e. The number of nitrogens with zero attached hydrogens (tertiary/aromatic N) is 2. The summed E-state index contributed by atoms with van der Waals surface area (Å²) in [4.78, 5) is 25.5. The summed E-state index contributed by atoms with van der Waals surface area (Å²) < 4.78 is 0. The third-order valence-corrected chi connectivity index (χ3v) is 2.38. The van der Waals surface area contributed by atoms with Gasteiger partial charge in [-0.25, -0.2) is 9.59 Å². The number of hydrogen-bond acceptors (Lipinski definition) is 2. The van der Waals surface area contributed by atoms with Crippen molar-refractivity contribution in [3.63, 3.8) is 0 Å². The molecule has 0 aromatic rings. The van der Waals surface area contributed by atoms with Crippen LogP contribution >= 0.6 is 0 Å². The highest BCUT2D eigenvalue weighted by Crippen LogP contribution is 2.16. The minimum absolute atomic E-state index is 0.123. The number of rotatable bonds is 3. The molecule has 0 aromatic carbocycles. The zero-order valence-electron chi connectivity index (χ0n) is 9.17. The SMILES string of the molecule is CC(C)C(C(=O)O)N1C=CCN(C)C1=O. The summed E-state index contributed by atoms with van der Waals surface area (Å²) in [6.45, 7) is 4.10. The van der Waals surface area contributed by atoms with Crippen molar-refractivity contribution in [3.05, 3.63) is 12.3 Å². The molecule has 1 aliphatic heterocycles. The van der Waals surface area contributed by atoms with Crippen LogP contribution in [0.15, 0.2) is 12.3 Å². The fourth-order valence-electron chi connectivity index (χ4n) is 1.59. The van der Waals surface area contributed by atoms with Gasteiger partial charge in [-0.05, 0) is 12.0 Å². The van der Waals surface area contributed by atoms with Crippen LogP contribution in [-0.2, 0) is 4.79 Å². The Kier molecular flexibility index (Phi) is 3.34. The normalized spacial score (nSPS) is 18.5. The number of carboxylic acid groups (broad SMARTS) is 1. The molecular weight excluding hydrogens is 196 g/mol. The van der Waals surface area contributed by atoms with E-state index in [0.717, 1.165) is 0 Å². The van der Waals surface area contributed by atoms with Gasteiger partial charge in [0.2, 0.25) is 0 Å². The smallest absolute Gasteiger partial charge is 0.327 e. The molecule has 1 heterocycles. The highest BCUT2D eigenvalue weighted by molar-refractivity contribution is 5.84. The van der Waals surface area contributed by atoms with E-state index >= 15 is 0 Å². The maximum Gasteiger partial charge on any atom is 0.327 e. The minimum Gasteiger partial charge on any atom is -0.480 e. The van der Waals surface area contributed by atoms with Gasteiger partial charge in [-0.1, -0.05) is 13.8 Å². The number of hydrogen-bond donors (Lipinski definition) is 1. The number of urea groups is 1. The van der Waals surface area contributed by atoms with Gasteiger partial charge in [-0.3, -0.25) is 4.90 Å². The highest BCUT2D eigenvalue weighted by atomic mass is 16.4. The van der Waals surface area contributed by atoms with Crippen LogP contribution in [0.25, 0.3) is 0 Å². The Balaban J connectivity index is 2.93. The summed E-state index contributed by atoms with van der Waals surface area (Å²) >= 11 is 0. The molecule has 2 amide bonds. The fraction of sp³-hybridized carbons (Fsp3) is 0.600. The van der Waals surface area contributed by atoms with E-state index in [-0.39, 0.29) is 11.9 Å². The fourth-order valence-corrected chi connectivity index (χ4v) is 1.59. The molecule has 0 bridgehead atoms. The average molecular weight is 212 g/mol. The first-order valence-electron chi connectivity index (χ1n) is 4.88. The van der Waals surface area contributed by atoms with Gasteiger partial charge < -0.3 is 10.0 Å². The third-order valence-electron chi connectivity index (χ3n) is 2.38. The number of carbonyl (C=O) groups is 2. The van der Waals surface area contributed by atoms with E-state index in [1.165, 1.54) is 9.80 Å². The molecule has 1 N–H and O–H groups in total. The predicted octanol–water partition coefficient (Wildman–Crippen LogP) is 0.977. The molecule has 1 unspecified atom stereocenters. The molecule has 84 valence electrons. The Bertz CT molecular complexity index is 299. The topological polar surface area (TPSA) is 60.9 Å². The van der Waals surface area contributed by atoms with Crippen LogP contribution < -0.4 is 0 Å². The van der Waals surface area contributed by atoms with E-state index in [4.69, 9.17) is 5.11 Å². The Morgan fingerprint density at radius 3 is 2.60 bits per heavy atom. The first kappa shape index (κ1) is 11.6. The lowest BCUT2D eigenvalue weighted by Gasteiger charge is -2.34. The summed E-state index contributed by atoms with van der Waals surface area (Å²) in [7, 11) is 1.65. The minimum atomic E-state index is -0.974. The van der Waals surface area contributed by atoms with Crippen molar-refractivity contribution in [1.29, 1.82) is 0 Å². The van der Waals surface area contributed by atoms with Crippen molar-refractivity contribution >= 4 is 12.0 Å². The second kappa shape index (κ2) is 4.33.